The van der Waals surface area contributed by atoms with Crippen molar-refractivity contribution in [1.29, 1.82) is 0 Å². The highest BCUT2D eigenvalue weighted by molar-refractivity contribution is 14.0. The first kappa shape index (κ1) is 24.2. The third kappa shape index (κ3) is 7.95. The SMILES string of the molecule is CCN(CC)CCCC(C)NC(=NC)NCc1cn2cc(Br)ccc2n1.I. The summed E-state index contributed by atoms with van der Waals surface area (Å²) in [6.45, 7) is 10.7. The molecule has 2 heterocycles. The monoisotopic (exact) mass is 550 g/mol. The van der Waals surface area contributed by atoms with Crippen LogP contribution in [0.5, 0.6) is 0 Å². The summed E-state index contributed by atoms with van der Waals surface area (Å²) >= 11 is 3.48. The third-order valence-electron chi connectivity index (χ3n) is 4.51. The van der Waals surface area contributed by atoms with E-state index in [1.165, 1.54) is 6.42 Å². The number of rotatable bonds is 9. The van der Waals surface area contributed by atoms with E-state index in [1.807, 2.05) is 28.9 Å². The van der Waals surface area contributed by atoms with Crippen LogP contribution in [0.1, 0.15) is 39.3 Å². The molecule has 2 aromatic rings. The predicted octanol–water partition coefficient (Wildman–Crippen LogP) is 3.89. The fourth-order valence-electron chi connectivity index (χ4n) is 2.94. The van der Waals surface area contributed by atoms with Crippen molar-refractivity contribution in [2.24, 2.45) is 4.99 Å². The normalized spacial score (nSPS) is 12.9. The number of fused-ring (bicyclic) bond motifs is 1. The molecule has 8 heteroatoms. The van der Waals surface area contributed by atoms with Gasteiger partial charge in [-0.2, -0.15) is 0 Å². The van der Waals surface area contributed by atoms with Gasteiger partial charge in [-0.15, -0.1) is 24.0 Å². The van der Waals surface area contributed by atoms with E-state index in [1.54, 1.807) is 7.05 Å². The van der Waals surface area contributed by atoms with E-state index in [2.05, 4.69) is 62.2 Å². The lowest BCUT2D eigenvalue weighted by atomic mass is 10.2. The van der Waals surface area contributed by atoms with Gasteiger partial charge in [0, 0.05) is 30.0 Å². The molecule has 2 rings (SSSR count). The van der Waals surface area contributed by atoms with Crippen LogP contribution >= 0.6 is 39.9 Å². The zero-order valence-electron chi connectivity index (χ0n) is 16.7. The van der Waals surface area contributed by atoms with Crippen LogP contribution in [0.4, 0.5) is 0 Å². The first-order valence-electron chi connectivity index (χ1n) is 9.38. The third-order valence-corrected chi connectivity index (χ3v) is 4.98. The Bertz CT molecular complexity index is 713. The Balaban J connectivity index is 0.00000364. The molecule has 0 aliphatic rings. The first-order valence-corrected chi connectivity index (χ1v) is 10.2. The summed E-state index contributed by atoms with van der Waals surface area (Å²) in [7, 11) is 1.80. The van der Waals surface area contributed by atoms with Gasteiger partial charge in [-0.05, 0) is 67.5 Å². The highest BCUT2D eigenvalue weighted by Crippen LogP contribution is 2.12. The lowest BCUT2D eigenvalue weighted by Gasteiger charge is -2.21. The highest BCUT2D eigenvalue weighted by Gasteiger charge is 2.08. The van der Waals surface area contributed by atoms with Gasteiger partial charge in [0.25, 0.3) is 0 Å². The highest BCUT2D eigenvalue weighted by atomic mass is 127. The quantitative estimate of drug-likeness (QED) is 0.282. The Morgan fingerprint density at radius 3 is 2.70 bits per heavy atom. The van der Waals surface area contributed by atoms with Crippen LogP contribution < -0.4 is 10.6 Å². The topological polar surface area (TPSA) is 57.0 Å². The van der Waals surface area contributed by atoms with Crippen molar-refractivity contribution >= 4 is 51.5 Å². The number of aliphatic imine (C=N–C) groups is 1. The van der Waals surface area contributed by atoms with Crippen molar-refractivity contribution in [3.8, 4) is 0 Å². The maximum atomic E-state index is 4.62. The van der Waals surface area contributed by atoms with Crippen molar-refractivity contribution in [3.63, 3.8) is 0 Å². The Hall–Kier alpha value is -0.870. The van der Waals surface area contributed by atoms with E-state index in [9.17, 15) is 0 Å². The van der Waals surface area contributed by atoms with Crippen molar-refractivity contribution in [2.45, 2.75) is 46.2 Å². The number of pyridine rings is 1. The maximum Gasteiger partial charge on any atom is 0.191 e. The smallest absolute Gasteiger partial charge is 0.191 e. The summed E-state index contributed by atoms with van der Waals surface area (Å²) < 4.78 is 3.06. The molecule has 0 aliphatic carbocycles. The second-order valence-electron chi connectivity index (χ2n) is 6.49. The Kier molecular flexibility index (Phi) is 11.2. The molecule has 0 aromatic carbocycles. The molecular weight excluding hydrogens is 519 g/mol. The number of imidazole rings is 1. The first-order chi connectivity index (χ1) is 12.5. The van der Waals surface area contributed by atoms with Gasteiger partial charge in [0.05, 0.1) is 12.2 Å². The zero-order chi connectivity index (χ0) is 18.9. The maximum absolute atomic E-state index is 4.62. The standard InChI is InChI=1S/C19H31BrN6.HI/c1-5-25(6-2)11-7-8-15(3)23-19(21-4)22-12-17-14-26-13-16(20)9-10-18(26)24-17;/h9-10,13-15H,5-8,11-12H2,1-4H3,(H2,21,22,23);1H. The van der Waals surface area contributed by atoms with Gasteiger partial charge in [0.1, 0.15) is 5.65 Å². The number of halogens is 2. The lowest BCUT2D eigenvalue weighted by molar-refractivity contribution is 0.292. The van der Waals surface area contributed by atoms with E-state index >= 15 is 0 Å². The lowest BCUT2D eigenvalue weighted by Crippen LogP contribution is -2.42. The molecule has 27 heavy (non-hydrogen) atoms. The molecule has 0 spiro atoms. The van der Waals surface area contributed by atoms with Crippen molar-refractivity contribution in [3.05, 3.63) is 34.7 Å². The number of hydrogen-bond acceptors (Lipinski definition) is 3. The van der Waals surface area contributed by atoms with Crippen molar-refractivity contribution < 1.29 is 0 Å². The number of nitrogens with zero attached hydrogens (tertiary/aromatic N) is 4. The average molecular weight is 551 g/mol. The van der Waals surface area contributed by atoms with Gasteiger partial charge in [0.2, 0.25) is 0 Å². The number of hydrogen-bond donors (Lipinski definition) is 2. The summed E-state index contributed by atoms with van der Waals surface area (Å²) in [5.41, 5.74) is 1.93. The Morgan fingerprint density at radius 2 is 2.04 bits per heavy atom. The number of nitrogens with one attached hydrogen (secondary N) is 2. The predicted molar refractivity (Wildman–Crippen MR) is 128 cm³/mol. The largest absolute Gasteiger partial charge is 0.354 e. The van der Waals surface area contributed by atoms with Gasteiger partial charge in [-0.25, -0.2) is 4.98 Å². The number of guanidine groups is 1. The van der Waals surface area contributed by atoms with Gasteiger partial charge in [0.15, 0.2) is 5.96 Å². The molecule has 152 valence electrons. The molecule has 2 N–H and O–H groups in total. The van der Waals surface area contributed by atoms with Crippen LogP contribution in [0.25, 0.3) is 5.65 Å². The molecule has 2 aromatic heterocycles. The Labute approximate surface area is 188 Å². The van der Waals surface area contributed by atoms with E-state index in [0.29, 0.717) is 12.6 Å². The summed E-state index contributed by atoms with van der Waals surface area (Å²) in [6, 6.07) is 4.38. The number of aromatic nitrogens is 2. The molecule has 0 bridgehead atoms. The minimum Gasteiger partial charge on any atom is -0.354 e. The minimum absolute atomic E-state index is 0. The van der Waals surface area contributed by atoms with Crippen LogP contribution in [0.2, 0.25) is 0 Å². The zero-order valence-corrected chi connectivity index (χ0v) is 20.6. The van der Waals surface area contributed by atoms with Crippen molar-refractivity contribution in [2.75, 3.05) is 26.7 Å². The van der Waals surface area contributed by atoms with Crippen LogP contribution in [-0.4, -0.2) is 53.0 Å². The summed E-state index contributed by atoms with van der Waals surface area (Å²) in [4.78, 5) is 11.4. The molecule has 0 aliphatic heterocycles. The molecule has 1 unspecified atom stereocenters. The molecule has 0 saturated carbocycles. The van der Waals surface area contributed by atoms with E-state index in [0.717, 1.165) is 47.8 Å². The van der Waals surface area contributed by atoms with Gasteiger partial charge in [-0.3, -0.25) is 4.99 Å². The second-order valence-corrected chi connectivity index (χ2v) is 7.40. The van der Waals surface area contributed by atoms with Crippen LogP contribution in [0.3, 0.4) is 0 Å². The van der Waals surface area contributed by atoms with E-state index in [4.69, 9.17) is 0 Å². The van der Waals surface area contributed by atoms with Crippen molar-refractivity contribution in [1.82, 2.24) is 24.9 Å². The summed E-state index contributed by atoms with van der Waals surface area (Å²) in [5.74, 6) is 0.818. The molecular formula is C19H32BrIN6. The van der Waals surface area contributed by atoms with E-state index in [-0.39, 0.29) is 24.0 Å². The molecule has 0 radical (unpaired) electrons. The van der Waals surface area contributed by atoms with E-state index < -0.39 is 0 Å². The molecule has 6 nitrogen and oxygen atoms in total. The molecule has 0 saturated heterocycles. The summed E-state index contributed by atoms with van der Waals surface area (Å²) in [6.07, 6.45) is 6.36. The van der Waals surface area contributed by atoms with Gasteiger partial charge < -0.3 is 19.9 Å². The van der Waals surface area contributed by atoms with Gasteiger partial charge >= 0.3 is 0 Å². The van der Waals surface area contributed by atoms with Gasteiger partial charge in [-0.1, -0.05) is 13.8 Å². The molecule has 0 amide bonds. The van der Waals surface area contributed by atoms with Crippen LogP contribution in [-0.2, 0) is 6.54 Å². The fraction of sp³-hybridized carbons (Fsp3) is 0.579. The average Bonchev–Trinajstić information content (AvgIpc) is 3.04. The molecule has 0 fully saturated rings. The second kappa shape index (κ2) is 12.6. The van der Waals surface area contributed by atoms with Crippen LogP contribution in [0.15, 0.2) is 34.0 Å². The fourth-order valence-corrected chi connectivity index (χ4v) is 3.29. The molecule has 1 atom stereocenters. The van der Waals surface area contributed by atoms with Crippen LogP contribution in [0, 0.1) is 0 Å². The Morgan fingerprint density at radius 1 is 1.30 bits per heavy atom. The summed E-state index contributed by atoms with van der Waals surface area (Å²) in [5, 5.41) is 6.82. The minimum atomic E-state index is 0.